The van der Waals surface area contributed by atoms with Crippen LogP contribution in [0, 0.1) is 17.6 Å². The molecule has 8 heteroatoms. The maximum Gasteiger partial charge on any atom is 0.426 e. The highest BCUT2D eigenvalue weighted by Gasteiger charge is 2.40. The highest BCUT2D eigenvalue weighted by Crippen LogP contribution is 2.40. The molecule has 30 heavy (non-hydrogen) atoms. The average molecular weight is 434 g/mol. The Balaban J connectivity index is 1.74. The van der Waals surface area contributed by atoms with E-state index < -0.39 is 40.8 Å². The van der Waals surface area contributed by atoms with Crippen molar-refractivity contribution in [3.05, 3.63) is 64.7 Å². The summed E-state index contributed by atoms with van der Waals surface area (Å²) in [5.41, 5.74) is -1.79. The summed E-state index contributed by atoms with van der Waals surface area (Å²) in [6.45, 7) is 2.15. The van der Waals surface area contributed by atoms with Crippen LogP contribution >= 0.6 is 0 Å². The van der Waals surface area contributed by atoms with E-state index in [4.69, 9.17) is 0 Å². The minimum absolute atomic E-state index is 0.0976. The summed E-state index contributed by atoms with van der Waals surface area (Å²) >= 11 is 0. The molecule has 1 saturated carbocycles. The second-order valence-corrected chi connectivity index (χ2v) is 7.63. The van der Waals surface area contributed by atoms with Gasteiger partial charge in [0.05, 0.1) is 5.56 Å². The third kappa shape index (κ3) is 4.90. The molecule has 0 radical (unpaired) electrons. The Kier molecular flexibility index (Phi) is 6.34. The van der Waals surface area contributed by atoms with Gasteiger partial charge in [-0.25, -0.2) is 8.78 Å². The van der Waals surface area contributed by atoms with Crippen LogP contribution in [0.25, 0.3) is 0 Å². The van der Waals surface area contributed by atoms with E-state index in [-0.39, 0.29) is 18.1 Å². The van der Waals surface area contributed by atoms with Crippen molar-refractivity contribution < 1.29 is 35.5 Å². The van der Waals surface area contributed by atoms with Crippen molar-refractivity contribution in [2.24, 2.45) is 5.92 Å². The van der Waals surface area contributed by atoms with E-state index in [1.54, 1.807) is 12.1 Å². The predicted molar refractivity (Wildman–Crippen MR) is 97.3 cm³/mol. The summed E-state index contributed by atoms with van der Waals surface area (Å²) < 4.78 is 98.2. The maximum absolute atomic E-state index is 14.4. The maximum atomic E-state index is 14.4. The first-order valence-electron chi connectivity index (χ1n) is 9.74. The van der Waals surface area contributed by atoms with Crippen LogP contribution in [-0.4, -0.2) is 0 Å². The molecule has 0 aromatic heterocycles. The molecule has 2 aromatic rings. The Morgan fingerprint density at radius 2 is 1.40 bits per heavy atom. The molecule has 1 aliphatic rings. The Bertz CT molecular complexity index is 843. The number of rotatable bonds is 5. The second-order valence-electron chi connectivity index (χ2n) is 7.63. The van der Waals surface area contributed by atoms with Crippen LogP contribution in [0.4, 0.5) is 30.7 Å². The Morgan fingerprint density at radius 1 is 0.867 bits per heavy atom. The van der Waals surface area contributed by atoms with E-state index in [0.717, 1.165) is 49.8 Å². The summed E-state index contributed by atoms with van der Waals surface area (Å²) in [6.07, 6.45) is -4.00. The SMILES string of the molecule is CC[C@H]1CC[C@H](c2ccc(C(F)(F)Oc3cc(F)c(C(F)(F)F)c(F)c3)cc2)CC1. The third-order valence-corrected chi connectivity index (χ3v) is 5.69. The zero-order valence-electron chi connectivity index (χ0n) is 16.2. The number of ether oxygens (including phenoxy) is 1. The van der Waals surface area contributed by atoms with Crippen LogP contribution in [0.2, 0.25) is 0 Å². The minimum atomic E-state index is -5.29. The molecule has 1 fully saturated rings. The van der Waals surface area contributed by atoms with Crippen LogP contribution < -0.4 is 4.74 Å². The van der Waals surface area contributed by atoms with Crippen molar-refractivity contribution in [2.45, 2.75) is 57.2 Å². The fourth-order valence-electron chi connectivity index (χ4n) is 3.94. The first-order valence-corrected chi connectivity index (χ1v) is 9.74. The van der Waals surface area contributed by atoms with Gasteiger partial charge in [0.25, 0.3) is 0 Å². The van der Waals surface area contributed by atoms with Gasteiger partial charge in [0, 0.05) is 12.1 Å². The molecule has 2 aromatic carbocycles. The van der Waals surface area contributed by atoms with Crippen LogP contribution in [0.1, 0.15) is 61.6 Å². The van der Waals surface area contributed by atoms with Gasteiger partial charge in [-0.15, -0.1) is 0 Å². The Morgan fingerprint density at radius 3 is 1.87 bits per heavy atom. The molecular formula is C22H21F7O. The second kappa shape index (κ2) is 8.47. The predicted octanol–water partition coefficient (Wildman–Crippen LogP) is 7.80. The number of benzene rings is 2. The minimum Gasteiger partial charge on any atom is -0.429 e. The van der Waals surface area contributed by atoms with Crippen molar-refractivity contribution in [2.75, 3.05) is 0 Å². The van der Waals surface area contributed by atoms with E-state index in [1.807, 2.05) is 0 Å². The van der Waals surface area contributed by atoms with E-state index in [2.05, 4.69) is 11.7 Å². The fourth-order valence-corrected chi connectivity index (χ4v) is 3.94. The molecule has 0 N–H and O–H groups in total. The van der Waals surface area contributed by atoms with Gasteiger partial charge in [-0.3, -0.25) is 0 Å². The average Bonchev–Trinajstić information content (AvgIpc) is 2.66. The number of hydrogen-bond donors (Lipinski definition) is 0. The van der Waals surface area contributed by atoms with Crippen molar-refractivity contribution in [1.29, 1.82) is 0 Å². The van der Waals surface area contributed by atoms with Crippen molar-refractivity contribution in [1.82, 2.24) is 0 Å². The van der Waals surface area contributed by atoms with Gasteiger partial charge in [0.15, 0.2) is 0 Å². The first kappa shape index (κ1) is 22.4. The molecule has 0 heterocycles. The molecule has 0 bridgehead atoms. The largest absolute Gasteiger partial charge is 0.429 e. The van der Waals surface area contributed by atoms with Gasteiger partial charge in [0.2, 0.25) is 0 Å². The highest BCUT2D eigenvalue weighted by atomic mass is 19.4. The van der Waals surface area contributed by atoms with Crippen LogP contribution in [0.5, 0.6) is 5.75 Å². The topological polar surface area (TPSA) is 9.23 Å². The standard InChI is InChI=1S/C22H21F7O/c1-2-13-3-5-14(6-4-13)15-7-9-16(10-8-15)22(28,29)30-17-11-18(23)20(19(24)12-17)21(25,26)27/h7-14H,2-6H2,1H3/t13-,14-. The number of alkyl halides is 5. The summed E-state index contributed by atoms with van der Waals surface area (Å²) in [5.74, 6) is -4.10. The van der Waals surface area contributed by atoms with E-state index in [1.165, 1.54) is 0 Å². The van der Waals surface area contributed by atoms with Gasteiger partial charge in [-0.1, -0.05) is 25.5 Å². The van der Waals surface area contributed by atoms with Crippen molar-refractivity contribution in [3.8, 4) is 5.75 Å². The zero-order chi connectivity index (χ0) is 22.1. The summed E-state index contributed by atoms with van der Waals surface area (Å²) in [7, 11) is 0. The molecule has 1 aliphatic carbocycles. The quantitative estimate of drug-likeness (QED) is 0.437. The molecule has 164 valence electrons. The molecular weight excluding hydrogens is 413 g/mol. The van der Waals surface area contributed by atoms with Gasteiger partial charge in [0.1, 0.15) is 22.9 Å². The monoisotopic (exact) mass is 434 g/mol. The lowest BCUT2D eigenvalue weighted by Gasteiger charge is -2.28. The normalized spacial score (nSPS) is 20.3. The van der Waals surface area contributed by atoms with Crippen molar-refractivity contribution in [3.63, 3.8) is 0 Å². The molecule has 0 spiro atoms. The van der Waals surface area contributed by atoms with Crippen LogP contribution in [0.15, 0.2) is 36.4 Å². The summed E-state index contributed by atoms with van der Waals surface area (Å²) in [4.78, 5) is 0. The molecule has 0 saturated heterocycles. The molecule has 1 nitrogen and oxygen atoms in total. The molecule has 3 rings (SSSR count). The lowest BCUT2D eigenvalue weighted by molar-refractivity contribution is -0.185. The molecule has 0 amide bonds. The van der Waals surface area contributed by atoms with Gasteiger partial charge < -0.3 is 4.74 Å². The van der Waals surface area contributed by atoms with Crippen LogP contribution in [-0.2, 0) is 12.3 Å². The fraction of sp³-hybridized carbons (Fsp3) is 0.455. The lowest BCUT2D eigenvalue weighted by Crippen LogP contribution is -2.22. The van der Waals surface area contributed by atoms with Gasteiger partial charge >= 0.3 is 12.3 Å². The highest BCUT2D eigenvalue weighted by molar-refractivity contribution is 5.34. The number of hydrogen-bond acceptors (Lipinski definition) is 1. The first-order chi connectivity index (χ1) is 14.0. The van der Waals surface area contributed by atoms with E-state index in [0.29, 0.717) is 5.92 Å². The van der Waals surface area contributed by atoms with Gasteiger partial charge in [-0.05, 0) is 55.2 Å². The van der Waals surface area contributed by atoms with Crippen molar-refractivity contribution >= 4 is 0 Å². The van der Waals surface area contributed by atoms with Crippen LogP contribution in [0.3, 0.4) is 0 Å². The van der Waals surface area contributed by atoms with E-state index >= 15 is 0 Å². The van der Waals surface area contributed by atoms with Gasteiger partial charge in [-0.2, -0.15) is 22.0 Å². The number of halogens is 7. The molecule has 0 aliphatic heterocycles. The zero-order valence-corrected chi connectivity index (χ0v) is 16.2. The molecule has 0 unspecified atom stereocenters. The Hall–Kier alpha value is -2.25. The molecule has 0 atom stereocenters. The summed E-state index contributed by atoms with van der Waals surface area (Å²) in [5, 5.41) is 0. The van der Waals surface area contributed by atoms with E-state index in [9.17, 15) is 30.7 Å². The Labute approximate surface area is 169 Å². The lowest BCUT2D eigenvalue weighted by atomic mass is 9.78. The third-order valence-electron chi connectivity index (χ3n) is 5.69. The summed E-state index contributed by atoms with van der Waals surface area (Å²) in [6, 6.07) is 5.66. The smallest absolute Gasteiger partial charge is 0.426 e.